The first-order valence-electron chi connectivity index (χ1n) is 4.25. The molecule has 0 bridgehead atoms. The summed E-state index contributed by atoms with van der Waals surface area (Å²) in [5.41, 5.74) is 0.0334. The van der Waals surface area contributed by atoms with Crippen molar-refractivity contribution in [3.8, 4) is 11.6 Å². The summed E-state index contributed by atoms with van der Waals surface area (Å²) in [7, 11) is 1.13. The number of hydrogen-bond donors (Lipinski definition) is 0. The largest absolute Gasteiger partial charge is 0.573 e. The normalized spacial score (nSPS) is 11.1. The average Bonchev–Trinajstić information content (AvgIpc) is 2.26. The number of ether oxygens (including phenoxy) is 2. The highest BCUT2D eigenvalue weighted by Crippen LogP contribution is 2.35. The van der Waals surface area contributed by atoms with Gasteiger partial charge in [-0.1, -0.05) is 15.9 Å². The third kappa shape index (κ3) is 3.32. The van der Waals surface area contributed by atoms with Crippen molar-refractivity contribution in [1.29, 1.82) is 0 Å². The van der Waals surface area contributed by atoms with Crippen LogP contribution >= 0.6 is 15.9 Å². The summed E-state index contributed by atoms with van der Waals surface area (Å²) in [6, 6.07) is 0. The molecule has 1 aromatic heterocycles. The van der Waals surface area contributed by atoms with Gasteiger partial charge in [0.25, 0.3) is 5.88 Å². The van der Waals surface area contributed by atoms with Gasteiger partial charge >= 0.3 is 6.36 Å². The van der Waals surface area contributed by atoms with E-state index < -0.39 is 18.0 Å². The van der Waals surface area contributed by atoms with Crippen LogP contribution in [0.5, 0.6) is 11.6 Å². The van der Waals surface area contributed by atoms with E-state index in [1.54, 1.807) is 0 Å². The van der Waals surface area contributed by atoms with Crippen molar-refractivity contribution < 1.29 is 27.4 Å². The van der Waals surface area contributed by atoms with E-state index in [0.29, 0.717) is 0 Å². The van der Waals surface area contributed by atoms with Crippen LogP contribution in [0, 0.1) is 0 Å². The highest BCUT2D eigenvalue weighted by Gasteiger charge is 2.34. The average molecular weight is 314 g/mol. The number of aromatic nitrogens is 1. The van der Waals surface area contributed by atoms with Gasteiger partial charge in [-0.2, -0.15) is 0 Å². The number of alkyl halides is 4. The van der Waals surface area contributed by atoms with Gasteiger partial charge < -0.3 is 9.47 Å². The van der Waals surface area contributed by atoms with E-state index in [1.807, 2.05) is 0 Å². The lowest BCUT2D eigenvalue weighted by Gasteiger charge is -2.14. The van der Waals surface area contributed by atoms with Gasteiger partial charge in [0, 0.05) is 11.5 Å². The van der Waals surface area contributed by atoms with Crippen LogP contribution in [0.3, 0.4) is 0 Å². The Bertz CT molecular complexity index is 423. The standard InChI is InChI=1S/C9H7BrF3NO3/c1-16-8-7(17-9(11,12)13)6(4-15)5(2-10)3-14-8/h3-4H,2H2,1H3. The zero-order valence-electron chi connectivity index (χ0n) is 8.55. The number of pyridine rings is 1. The number of carbonyl (C=O) groups excluding carboxylic acids is 1. The van der Waals surface area contributed by atoms with Crippen LogP contribution in [0.25, 0.3) is 0 Å². The molecule has 0 saturated carbocycles. The molecule has 0 aromatic carbocycles. The fourth-order valence-electron chi connectivity index (χ4n) is 1.12. The summed E-state index contributed by atoms with van der Waals surface area (Å²) >= 11 is 3.03. The minimum Gasteiger partial charge on any atom is -0.478 e. The smallest absolute Gasteiger partial charge is 0.478 e. The summed E-state index contributed by atoms with van der Waals surface area (Å²) in [5, 5.41) is 0.173. The van der Waals surface area contributed by atoms with Crippen LogP contribution in [0.2, 0.25) is 0 Å². The monoisotopic (exact) mass is 313 g/mol. The van der Waals surface area contributed by atoms with E-state index in [1.165, 1.54) is 6.20 Å². The van der Waals surface area contributed by atoms with E-state index in [2.05, 4.69) is 30.4 Å². The number of rotatable bonds is 4. The zero-order chi connectivity index (χ0) is 13.1. The lowest BCUT2D eigenvalue weighted by molar-refractivity contribution is -0.275. The molecule has 0 unspecified atom stereocenters. The molecule has 17 heavy (non-hydrogen) atoms. The number of nitrogens with zero attached hydrogens (tertiary/aromatic N) is 1. The van der Waals surface area contributed by atoms with Crippen molar-refractivity contribution in [2.24, 2.45) is 0 Å². The van der Waals surface area contributed by atoms with Gasteiger partial charge in [-0.25, -0.2) is 4.98 Å². The first-order valence-corrected chi connectivity index (χ1v) is 5.37. The first kappa shape index (κ1) is 13.8. The highest BCUT2D eigenvalue weighted by molar-refractivity contribution is 9.08. The Kier molecular flexibility index (Phi) is 4.33. The van der Waals surface area contributed by atoms with E-state index in [9.17, 15) is 18.0 Å². The van der Waals surface area contributed by atoms with Crippen molar-refractivity contribution in [3.63, 3.8) is 0 Å². The SMILES string of the molecule is COc1ncc(CBr)c(C=O)c1OC(F)(F)F. The van der Waals surface area contributed by atoms with Crippen LogP contribution in [0.15, 0.2) is 6.20 Å². The quantitative estimate of drug-likeness (QED) is 0.633. The maximum absolute atomic E-state index is 12.2. The van der Waals surface area contributed by atoms with Crippen LogP contribution in [-0.2, 0) is 5.33 Å². The van der Waals surface area contributed by atoms with Crippen LogP contribution < -0.4 is 9.47 Å². The molecule has 0 amide bonds. The minimum absolute atomic E-state index is 0.173. The molecule has 0 aliphatic carbocycles. The lowest BCUT2D eigenvalue weighted by atomic mass is 10.1. The molecule has 8 heteroatoms. The Labute approximate surface area is 103 Å². The topological polar surface area (TPSA) is 48.4 Å². The summed E-state index contributed by atoms with van der Waals surface area (Å²) in [6.07, 6.45) is -3.42. The number of aldehydes is 1. The second kappa shape index (κ2) is 5.35. The third-order valence-electron chi connectivity index (χ3n) is 1.80. The predicted octanol–water partition coefficient (Wildman–Crippen LogP) is 2.70. The molecule has 94 valence electrons. The molecular formula is C9H7BrF3NO3. The van der Waals surface area contributed by atoms with Crippen molar-refractivity contribution in [3.05, 3.63) is 17.3 Å². The summed E-state index contributed by atoms with van der Waals surface area (Å²) < 4.78 is 44.9. The van der Waals surface area contributed by atoms with Crippen molar-refractivity contribution in [2.75, 3.05) is 7.11 Å². The molecule has 0 atom stereocenters. The van der Waals surface area contributed by atoms with Crippen molar-refractivity contribution >= 4 is 22.2 Å². The summed E-state index contributed by atoms with van der Waals surface area (Å²) in [5.74, 6) is -1.12. The second-order valence-corrected chi connectivity index (χ2v) is 3.40. The van der Waals surface area contributed by atoms with Gasteiger partial charge in [0.1, 0.15) is 0 Å². The maximum atomic E-state index is 12.2. The Morgan fingerprint density at radius 1 is 1.53 bits per heavy atom. The number of carbonyl (C=O) groups is 1. The fourth-order valence-corrected chi connectivity index (χ4v) is 1.57. The minimum atomic E-state index is -4.92. The molecule has 1 heterocycles. The zero-order valence-corrected chi connectivity index (χ0v) is 10.1. The van der Waals surface area contributed by atoms with E-state index in [4.69, 9.17) is 0 Å². The highest BCUT2D eigenvalue weighted by atomic mass is 79.9. The molecule has 4 nitrogen and oxygen atoms in total. The number of hydrogen-bond acceptors (Lipinski definition) is 4. The molecule has 0 fully saturated rings. The van der Waals surface area contributed by atoms with E-state index >= 15 is 0 Å². The van der Waals surface area contributed by atoms with Crippen molar-refractivity contribution in [2.45, 2.75) is 11.7 Å². The molecule has 0 spiro atoms. The summed E-state index contributed by atoms with van der Waals surface area (Å²) in [6.45, 7) is 0. The third-order valence-corrected chi connectivity index (χ3v) is 2.40. The van der Waals surface area contributed by atoms with Crippen LogP contribution in [0.4, 0.5) is 13.2 Å². The van der Waals surface area contributed by atoms with Gasteiger partial charge in [-0.3, -0.25) is 4.79 Å². The Morgan fingerprint density at radius 3 is 2.59 bits per heavy atom. The molecule has 0 N–H and O–H groups in total. The molecule has 1 rings (SSSR count). The summed E-state index contributed by atoms with van der Waals surface area (Å²) in [4.78, 5) is 14.4. The Morgan fingerprint density at radius 2 is 2.18 bits per heavy atom. The molecule has 0 aliphatic heterocycles. The van der Waals surface area contributed by atoms with Gasteiger partial charge in [0.2, 0.25) is 5.75 Å². The fraction of sp³-hybridized carbons (Fsp3) is 0.333. The molecular weight excluding hydrogens is 307 g/mol. The number of halogens is 4. The van der Waals surface area contributed by atoms with E-state index in [0.717, 1.165) is 7.11 Å². The Hall–Kier alpha value is -1.31. The predicted molar refractivity (Wildman–Crippen MR) is 55.5 cm³/mol. The second-order valence-electron chi connectivity index (χ2n) is 2.83. The Balaban J connectivity index is 3.35. The van der Waals surface area contributed by atoms with E-state index in [-0.39, 0.29) is 22.7 Å². The molecule has 0 saturated heterocycles. The van der Waals surface area contributed by atoms with Gasteiger partial charge in [0.15, 0.2) is 6.29 Å². The number of methoxy groups -OCH3 is 1. The van der Waals surface area contributed by atoms with Gasteiger partial charge in [-0.05, 0) is 5.56 Å². The van der Waals surface area contributed by atoms with Crippen LogP contribution in [-0.4, -0.2) is 24.7 Å². The maximum Gasteiger partial charge on any atom is 0.573 e. The van der Waals surface area contributed by atoms with Gasteiger partial charge in [0.05, 0.1) is 12.7 Å². The molecule has 1 aromatic rings. The first-order chi connectivity index (χ1) is 7.92. The molecule has 0 radical (unpaired) electrons. The van der Waals surface area contributed by atoms with Crippen LogP contribution in [0.1, 0.15) is 15.9 Å². The van der Waals surface area contributed by atoms with Crippen molar-refractivity contribution in [1.82, 2.24) is 4.98 Å². The molecule has 0 aliphatic rings. The lowest BCUT2D eigenvalue weighted by Crippen LogP contribution is -2.19. The van der Waals surface area contributed by atoms with Gasteiger partial charge in [-0.15, -0.1) is 13.2 Å².